The molecule has 1 N–H and O–H groups in total. The molecule has 0 atom stereocenters. The Morgan fingerprint density at radius 2 is 1.64 bits per heavy atom. The van der Waals surface area contributed by atoms with Crippen LogP contribution in [-0.4, -0.2) is 19.1 Å². The number of amides is 1. The van der Waals surface area contributed by atoms with Crippen molar-refractivity contribution in [2.24, 2.45) is 0 Å². The van der Waals surface area contributed by atoms with Gasteiger partial charge in [-0.3, -0.25) is 4.79 Å². The van der Waals surface area contributed by atoms with Gasteiger partial charge in [0.25, 0.3) is 0 Å². The Kier molecular flexibility index (Phi) is 4.42. The van der Waals surface area contributed by atoms with E-state index in [2.05, 4.69) is 17.4 Å². The highest BCUT2D eigenvalue weighted by Gasteiger charge is 2.45. The van der Waals surface area contributed by atoms with E-state index in [9.17, 15) is 4.79 Å². The van der Waals surface area contributed by atoms with Gasteiger partial charge in [0.2, 0.25) is 5.91 Å². The van der Waals surface area contributed by atoms with E-state index < -0.39 is 0 Å². The first-order valence-corrected chi connectivity index (χ1v) is 7.83. The number of hydrogen-bond acceptors (Lipinski definition) is 2. The molecule has 1 amide bonds. The second-order valence-electron chi connectivity index (χ2n) is 5.72. The lowest BCUT2D eigenvalue weighted by molar-refractivity contribution is -0.130. The average Bonchev–Trinajstić information content (AvgIpc) is 2.53. The van der Waals surface area contributed by atoms with E-state index >= 15 is 0 Å². The Labute approximate surface area is 131 Å². The zero-order valence-electron chi connectivity index (χ0n) is 12.6. The summed E-state index contributed by atoms with van der Waals surface area (Å²) in [7, 11) is 0. The summed E-state index contributed by atoms with van der Waals surface area (Å²) in [5.74, 6) is 0.958. The summed E-state index contributed by atoms with van der Waals surface area (Å²) >= 11 is 0. The van der Waals surface area contributed by atoms with E-state index in [1.54, 1.807) is 0 Å². The molecule has 2 aromatic carbocycles. The van der Waals surface area contributed by atoms with Crippen LogP contribution in [0.5, 0.6) is 5.75 Å². The average molecular weight is 295 g/mol. The Balaban J connectivity index is 1.53. The number of para-hydroxylation sites is 1. The summed E-state index contributed by atoms with van der Waals surface area (Å²) in [4.78, 5) is 12.6. The normalized spacial score (nSPS) is 15.6. The Morgan fingerprint density at radius 3 is 2.23 bits per heavy atom. The molecule has 1 saturated carbocycles. The van der Waals surface area contributed by atoms with Crippen molar-refractivity contribution in [2.45, 2.75) is 24.7 Å². The second kappa shape index (κ2) is 6.65. The molecule has 0 unspecified atom stereocenters. The van der Waals surface area contributed by atoms with Crippen LogP contribution in [0.25, 0.3) is 0 Å². The molecule has 22 heavy (non-hydrogen) atoms. The van der Waals surface area contributed by atoms with Crippen LogP contribution in [0.15, 0.2) is 60.7 Å². The molecular formula is C19H21NO2. The van der Waals surface area contributed by atoms with Gasteiger partial charge in [-0.05, 0) is 30.5 Å². The molecule has 0 heterocycles. The Hall–Kier alpha value is -2.29. The molecule has 0 radical (unpaired) electrons. The Morgan fingerprint density at radius 1 is 1.00 bits per heavy atom. The maximum Gasteiger partial charge on any atom is 0.230 e. The molecule has 0 aromatic heterocycles. The van der Waals surface area contributed by atoms with Gasteiger partial charge < -0.3 is 10.1 Å². The Bertz CT molecular complexity index is 606. The van der Waals surface area contributed by atoms with Gasteiger partial charge in [-0.2, -0.15) is 0 Å². The molecule has 3 heteroatoms. The molecule has 3 nitrogen and oxygen atoms in total. The molecule has 0 saturated heterocycles. The lowest BCUT2D eigenvalue weighted by Gasteiger charge is -2.40. The number of hydrogen-bond donors (Lipinski definition) is 1. The fraction of sp³-hybridized carbons (Fsp3) is 0.316. The van der Waals surface area contributed by atoms with Crippen molar-refractivity contribution < 1.29 is 9.53 Å². The monoisotopic (exact) mass is 295 g/mol. The summed E-state index contributed by atoms with van der Waals surface area (Å²) in [6.07, 6.45) is 2.98. The first kappa shape index (κ1) is 14.6. The molecular weight excluding hydrogens is 274 g/mol. The maximum atomic E-state index is 12.6. The largest absolute Gasteiger partial charge is 0.492 e. The van der Waals surface area contributed by atoms with E-state index in [1.165, 1.54) is 0 Å². The molecule has 1 aliphatic rings. The first-order chi connectivity index (χ1) is 10.8. The molecule has 1 fully saturated rings. The number of carbonyl (C=O) groups is 1. The molecule has 114 valence electrons. The summed E-state index contributed by atoms with van der Waals surface area (Å²) < 4.78 is 5.61. The highest BCUT2D eigenvalue weighted by Crippen LogP contribution is 2.43. The minimum atomic E-state index is -0.325. The van der Waals surface area contributed by atoms with Gasteiger partial charge in [0, 0.05) is 0 Å². The van der Waals surface area contributed by atoms with Crippen molar-refractivity contribution in [1.82, 2.24) is 5.32 Å². The van der Waals surface area contributed by atoms with Gasteiger partial charge in [0.1, 0.15) is 12.4 Å². The van der Waals surface area contributed by atoms with Crippen molar-refractivity contribution in [1.29, 1.82) is 0 Å². The van der Waals surface area contributed by atoms with Crippen LogP contribution in [0.3, 0.4) is 0 Å². The zero-order chi connectivity index (χ0) is 15.3. The predicted molar refractivity (Wildman–Crippen MR) is 86.9 cm³/mol. The number of benzene rings is 2. The van der Waals surface area contributed by atoms with Crippen LogP contribution in [0.1, 0.15) is 24.8 Å². The minimum absolute atomic E-state index is 0.126. The smallest absolute Gasteiger partial charge is 0.230 e. The van der Waals surface area contributed by atoms with Gasteiger partial charge in [0.05, 0.1) is 12.0 Å². The second-order valence-corrected chi connectivity index (χ2v) is 5.72. The van der Waals surface area contributed by atoms with Gasteiger partial charge >= 0.3 is 0 Å². The number of nitrogens with one attached hydrogen (secondary N) is 1. The summed E-state index contributed by atoms with van der Waals surface area (Å²) in [5, 5.41) is 3.03. The van der Waals surface area contributed by atoms with Gasteiger partial charge in [0.15, 0.2) is 0 Å². The van der Waals surface area contributed by atoms with Crippen LogP contribution in [-0.2, 0) is 10.2 Å². The minimum Gasteiger partial charge on any atom is -0.492 e. The quantitative estimate of drug-likeness (QED) is 0.830. The third kappa shape index (κ3) is 2.98. The van der Waals surface area contributed by atoms with Gasteiger partial charge in [-0.25, -0.2) is 0 Å². The van der Waals surface area contributed by atoms with Crippen LogP contribution in [0, 0.1) is 0 Å². The van der Waals surface area contributed by atoms with Gasteiger partial charge in [-0.1, -0.05) is 55.0 Å². The van der Waals surface area contributed by atoms with Crippen molar-refractivity contribution in [3.63, 3.8) is 0 Å². The SMILES string of the molecule is O=C(NCCOc1ccccc1)C1(c2ccccc2)CCC1. The van der Waals surface area contributed by atoms with E-state index in [-0.39, 0.29) is 11.3 Å². The molecule has 3 rings (SSSR count). The van der Waals surface area contributed by atoms with Crippen molar-refractivity contribution >= 4 is 5.91 Å². The third-order valence-corrected chi connectivity index (χ3v) is 4.37. The summed E-state index contributed by atoms with van der Waals surface area (Å²) in [6.45, 7) is 1.02. The molecule has 0 bridgehead atoms. The molecule has 1 aliphatic carbocycles. The number of ether oxygens (including phenoxy) is 1. The van der Waals surface area contributed by atoms with Crippen molar-refractivity contribution in [2.75, 3.05) is 13.2 Å². The fourth-order valence-corrected chi connectivity index (χ4v) is 2.95. The lowest BCUT2D eigenvalue weighted by atomic mass is 9.64. The van der Waals surface area contributed by atoms with Crippen LogP contribution < -0.4 is 10.1 Å². The standard InChI is InChI=1S/C19H21NO2/c21-18(20-14-15-22-17-10-5-2-6-11-17)19(12-7-13-19)16-8-3-1-4-9-16/h1-6,8-11H,7,12-15H2,(H,20,21). The number of carbonyl (C=O) groups excluding carboxylic acids is 1. The predicted octanol–water partition coefficient (Wildman–Crippen LogP) is 3.30. The lowest BCUT2D eigenvalue weighted by Crippen LogP contribution is -2.50. The fourth-order valence-electron chi connectivity index (χ4n) is 2.95. The van der Waals surface area contributed by atoms with E-state index in [0.29, 0.717) is 13.2 Å². The van der Waals surface area contributed by atoms with Crippen molar-refractivity contribution in [3.05, 3.63) is 66.2 Å². The highest BCUT2D eigenvalue weighted by atomic mass is 16.5. The summed E-state index contributed by atoms with van der Waals surface area (Å²) in [6, 6.07) is 19.8. The highest BCUT2D eigenvalue weighted by molar-refractivity contribution is 5.89. The summed E-state index contributed by atoms with van der Waals surface area (Å²) in [5.41, 5.74) is 0.802. The van der Waals surface area contributed by atoms with Crippen LogP contribution in [0.4, 0.5) is 0 Å². The molecule has 0 spiro atoms. The topological polar surface area (TPSA) is 38.3 Å². The van der Waals surface area contributed by atoms with Gasteiger partial charge in [-0.15, -0.1) is 0 Å². The van der Waals surface area contributed by atoms with E-state index in [0.717, 1.165) is 30.6 Å². The van der Waals surface area contributed by atoms with E-state index in [4.69, 9.17) is 4.74 Å². The first-order valence-electron chi connectivity index (χ1n) is 7.83. The number of rotatable bonds is 6. The van der Waals surface area contributed by atoms with E-state index in [1.807, 2.05) is 48.5 Å². The maximum absolute atomic E-state index is 12.6. The zero-order valence-corrected chi connectivity index (χ0v) is 12.6. The van der Waals surface area contributed by atoms with Crippen LogP contribution >= 0.6 is 0 Å². The molecule has 2 aromatic rings. The third-order valence-electron chi connectivity index (χ3n) is 4.37. The van der Waals surface area contributed by atoms with Crippen molar-refractivity contribution in [3.8, 4) is 5.75 Å². The molecule has 0 aliphatic heterocycles. The van der Waals surface area contributed by atoms with Crippen LogP contribution in [0.2, 0.25) is 0 Å².